The van der Waals surface area contributed by atoms with E-state index in [0.717, 1.165) is 142 Å². The van der Waals surface area contributed by atoms with E-state index in [1.54, 1.807) is 92.6 Å². The normalized spacial score (nSPS) is 12.1. The van der Waals surface area contributed by atoms with Crippen LogP contribution in [0.5, 0.6) is 0 Å². The number of H-pyrrole nitrogens is 6. The van der Waals surface area contributed by atoms with E-state index in [1.807, 2.05) is 69.4 Å². The molecule has 0 aromatic carbocycles. The molecule has 3 radical (unpaired) electrons. The molecule has 114 heavy (non-hydrogen) atoms. The minimum absolute atomic E-state index is 0. The molecule has 0 saturated carbocycles. The minimum atomic E-state index is -0.480. The first-order valence-electron chi connectivity index (χ1n) is 37.5. The van der Waals surface area contributed by atoms with Gasteiger partial charge < -0.3 is 47.7 Å². The SMILES string of the molecule is C1CCOC1.CC#N.CCCC(=O)Cl.CCCC(=O)Nc1cn[nH]c1-c1cccnc1.CCCC(=O)Nc1cn[nH]c1C1=CCCN(C)C1.CCCCNc1cn[nH]c1C1=CCCN(C)C1.CCN(CC)CC.CO.Nc1cn[nH]c1-c1cccnc1.O=[N+]([O-])c1cn[nH]c1-c1cccnc1.[Al].[H-].[Li+].c1cncc(-c2ccn[nH]2)c1. The maximum atomic E-state index is 11.6. The van der Waals surface area contributed by atoms with Crippen molar-refractivity contribution in [3.63, 3.8) is 0 Å². The van der Waals surface area contributed by atoms with Crippen molar-refractivity contribution < 1.29 is 49.4 Å². The number of nitro groups is 1. The number of hydrogen-bond donors (Lipinski definition) is 11. The number of unbranched alkanes of at least 4 members (excludes halogenated alkanes) is 1. The van der Waals surface area contributed by atoms with Gasteiger partial charge in [0.25, 0.3) is 0 Å². The number of aliphatic hydroxyl groups is 1. The predicted molar refractivity (Wildman–Crippen MR) is 452 cm³/mol. The number of nitrogen functional groups attached to an aromatic ring is 1. The molecule has 1 saturated heterocycles. The number of anilines is 4. The Bertz CT molecular complexity index is 4200. The van der Waals surface area contributed by atoms with Crippen LogP contribution in [0.3, 0.4) is 0 Å². The topological polar surface area (TPSA) is 443 Å². The summed E-state index contributed by atoms with van der Waals surface area (Å²) in [7, 11) is 5.26. The van der Waals surface area contributed by atoms with Gasteiger partial charge >= 0.3 is 24.5 Å². The van der Waals surface area contributed by atoms with Gasteiger partial charge in [0.05, 0.1) is 87.0 Å². The van der Waals surface area contributed by atoms with Crippen molar-refractivity contribution in [1.82, 2.24) is 95.8 Å². The fourth-order valence-corrected chi connectivity index (χ4v) is 10.5. The van der Waals surface area contributed by atoms with Gasteiger partial charge in [-0.2, -0.15) is 35.9 Å². The van der Waals surface area contributed by atoms with E-state index in [2.05, 4.69) is 166 Å². The van der Waals surface area contributed by atoms with E-state index >= 15 is 0 Å². The van der Waals surface area contributed by atoms with Crippen LogP contribution < -0.4 is 40.5 Å². The fourth-order valence-electron chi connectivity index (χ4n) is 10.3. The molecular formula is C79H115AlClLiN25O7. The number of carbonyl (C=O) groups is 3. The van der Waals surface area contributed by atoms with Crippen molar-refractivity contribution in [2.45, 2.75) is 132 Å². The second kappa shape index (κ2) is 63.1. The zero-order chi connectivity index (χ0) is 81.9. The van der Waals surface area contributed by atoms with Gasteiger partial charge in [-0.15, -0.1) is 0 Å². The molecule has 10 aromatic heterocycles. The molecule has 0 bridgehead atoms. The summed E-state index contributed by atoms with van der Waals surface area (Å²) in [5, 5.41) is 74.5. The van der Waals surface area contributed by atoms with Crippen LogP contribution in [0.15, 0.2) is 154 Å². The van der Waals surface area contributed by atoms with Crippen molar-refractivity contribution in [1.29, 1.82) is 5.26 Å². The molecule has 32 nitrogen and oxygen atoms in total. The number of hydrogen-bond acceptors (Lipinski definition) is 23. The number of nitriles is 1. The summed E-state index contributed by atoms with van der Waals surface area (Å²) in [5.41, 5.74) is 20.1. The molecule has 609 valence electrons. The van der Waals surface area contributed by atoms with Gasteiger partial charge in [-0.1, -0.05) is 67.0 Å². The Balaban J connectivity index is 0.00000128. The van der Waals surface area contributed by atoms with Crippen LogP contribution in [-0.4, -0.2) is 227 Å². The molecule has 0 spiro atoms. The predicted octanol–water partition coefficient (Wildman–Crippen LogP) is 10.9. The van der Waals surface area contributed by atoms with Crippen molar-refractivity contribution >= 4 is 85.6 Å². The number of aromatic nitrogens is 16. The Labute approximate surface area is 698 Å². The van der Waals surface area contributed by atoms with Crippen molar-refractivity contribution in [2.75, 3.05) is 108 Å². The molecule has 1 fully saturated rings. The molecule has 12 N–H and O–H groups in total. The summed E-state index contributed by atoms with van der Waals surface area (Å²) in [6.07, 6.45) is 39.0. The van der Waals surface area contributed by atoms with Crippen LogP contribution >= 0.6 is 11.6 Å². The summed E-state index contributed by atoms with van der Waals surface area (Å²) in [5.74, 6) is 0.0453. The number of nitrogens with zero attached hydrogens (tertiary/aromatic N) is 15. The first-order valence-corrected chi connectivity index (χ1v) is 37.9. The smallest absolute Gasteiger partial charge is 1.00 e. The Morgan fingerprint density at radius 3 is 1.37 bits per heavy atom. The molecule has 0 aliphatic carbocycles. The Hall–Kier alpha value is -10.3. The average Bonchev–Trinajstić information content (AvgIpc) is 1.75. The maximum absolute atomic E-state index is 11.6. The van der Waals surface area contributed by atoms with Crippen LogP contribution in [-0.2, 0) is 19.1 Å². The van der Waals surface area contributed by atoms with Crippen LogP contribution in [0.25, 0.3) is 56.2 Å². The van der Waals surface area contributed by atoms with Gasteiger partial charge in [-0.3, -0.25) is 75.0 Å². The van der Waals surface area contributed by atoms with E-state index < -0.39 is 4.92 Å². The van der Waals surface area contributed by atoms with Crippen LogP contribution in [0, 0.1) is 21.4 Å². The van der Waals surface area contributed by atoms with E-state index in [4.69, 9.17) is 32.4 Å². The fraction of sp³-hybridized carbons (Fsp3) is 0.418. The van der Waals surface area contributed by atoms with Gasteiger partial charge in [-0.05, 0) is 162 Å². The zero-order valence-corrected chi connectivity index (χ0v) is 70.0. The van der Waals surface area contributed by atoms with Crippen LogP contribution in [0.2, 0.25) is 0 Å². The van der Waals surface area contributed by atoms with Gasteiger partial charge in [-0.25, -0.2) is 0 Å². The number of halogens is 1. The molecule has 3 aliphatic rings. The third-order valence-corrected chi connectivity index (χ3v) is 16.2. The number of aliphatic hydroxyl groups excluding tert-OH is 1. The number of likely N-dealkylation sites (N-methyl/N-ethyl adjacent to an activating group) is 2. The van der Waals surface area contributed by atoms with Crippen LogP contribution in [0.1, 0.15) is 145 Å². The number of aromatic amines is 6. The molecule has 13 heterocycles. The van der Waals surface area contributed by atoms with Gasteiger partial charge in [0, 0.05) is 175 Å². The molecule has 10 aromatic rings. The maximum Gasteiger partial charge on any atom is 1.00 e. The second-order valence-electron chi connectivity index (χ2n) is 24.7. The standard InChI is InChI=1S/C13H20N4O.C13H22N4.C12H14N4O.C8H6N4O2.C8H8N4.C8H7N3.C6H15N.C4H7ClO.C4H8O.C2H3N.CH4O.Al.Li.H/c1-3-5-12(18)15-11-8-14-16-13(11)10-6-4-7-17(2)9-10;1-3-4-7-14-12-9-15-16-13(12)11-6-5-8-17(2)10-11;1-2-4-11(17)15-10-8-14-16-12(10)9-5-3-6-13-7-9;13-12(14)7-5-10-11-8(7)6-2-1-3-9-4-6;9-7-5-11-12-8(7)6-2-1-3-10-4-6;1-2-7(6-9-4-1)8-3-5-10-11-8;1-4-7(5-2)6-3;1-2-3-4(5)6;1-2-4-5-3-1;1-2-3;1-2;;;/h6,8H,3-5,7,9H2,1-2H3,(H,14,16)(H,15,18);6,9,14H,3-5,7-8,10H2,1-2H3,(H,15,16);3,5-8H,2,4H2,1H3,(H,14,16)(H,15,17);1-5H,(H,10,11);1-5H,9H2,(H,11,12);1-6H,(H,10,11);4-6H2,1-3H3;2-3H2,1H3;1-4H2;1H3;2H,1H3;;;/q;;;;;;;;;;;;+1;-1. The molecule has 2 amide bonds. The first kappa shape index (κ1) is 102. The van der Waals surface area contributed by atoms with Crippen molar-refractivity contribution in [3.8, 4) is 51.1 Å². The van der Waals surface area contributed by atoms with E-state index in [-0.39, 0.29) is 60.4 Å². The number of nitrogens with two attached hydrogens (primary N) is 1. The Kier molecular flexibility index (Phi) is 56.3. The van der Waals surface area contributed by atoms with Gasteiger partial charge in [0.2, 0.25) is 17.1 Å². The van der Waals surface area contributed by atoms with E-state index in [0.29, 0.717) is 41.9 Å². The summed E-state index contributed by atoms with van der Waals surface area (Å²) in [4.78, 5) is 65.9. The summed E-state index contributed by atoms with van der Waals surface area (Å²) < 4.78 is 4.94. The van der Waals surface area contributed by atoms with Crippen molar-refractivity contribution in [3.05, 3.63) is 175 Å². The summed E-state index contributed by atoms with van der Waals surface area (Å²) in [6.45, 7) is 26.8. The second-order valence-corrected chi connectivity index (χ2v) is 25.1. The van der Waals surface area contributed by atoms with Gasteiger partial charge in [0.15, 0.2) is 0 Å². The number of amides is 2. The number of pyridine rings is 4. The number of ether oxygens (including phenoxy) is 1. The van der Waals surface area contributed by atoms with Crippen molar-refractivity contribution in [2.24, 2.45) is 0 Å². The number of carbonyl (C=O) groups excluding carboxylic acids is 3. The third kappa shape index (κ3) is 40.4. The molecule has 3 aliphatic heterocycles. The zero-order valence-electron chi connectivity index (χ0n) is 69.1. The Morgan fingerprint density at radius 2 is 1.00 bits per heavy atom. The molecule has 0 unspecified atom stereocenters. The average molecular weight is 1600 g/mol. The summed E-state index contributed by atoms with van der Waals surface area (Å²) in [6, 6.07) is 18.5. The van der Waals surface area contributed by atoms with E-state index in [1.165, 1.54) is 69.6 Å². The minimum Gasteiger partial charge on any atom is -1.00 e. The molecular weight excluding hydrogens is 1480 g/mol. The molecule has 0 atom stereocenters. The monoisotopic (exact) mass is 1590 g/mol. The third-order valence-electron chi connectivity index (χ3n) is 16.0. The summed E-state index contributed by atoms with van der Waals surface area (Å²) >= 11 is 4.94. The largest absolute Gasteiger partial charge is 1.00 e. The first-order chi connectivity index (χ1) is 54.5. The van der Waals surface area contributed by atoms with Crippen LogP contribution in [0.4, 0.5) is 28.4 Å². The van der Waals surface area contributed by atoms with Gasteiger partial charge in [0.1, 0.15) is 11.9 Å². The quantitative estimate of drug-likeness (QED) is 0.00987. The molecule has 13 rings (SSSR count). The molecule has 35 heteroatoms. The van der Waals surface area contributed by atoms with E-state index in [9.17, 15) is 24.5 Å². The number of nitrogens with one attached hydrogen (secondary N) is 9. The number of rotatable bonds is 22. The Morgan fingerprint density at radius 1 is 0.588 bits per heavy atom.